The molecule has 0 spiro atoms. The van der Waals surface area contributed by atoms with E-state index in [2.05, 4.69) is 24.5 Å². The van der Waals surface area contributed by atoms with Gasteiger partial charge in [-0.25, -0.2) is 0 Å². The first kappa shape index (κ1) is 12.2. The van der Waals surface area contributed by atoms with Gasteiger partial charge in [-0.05, 0) is 18.4 Å². The van der Waals surface area contributed by atoms with Crippen molar-refractivity contribution in [2.45, 2.75) is 31.9 Å². The Morgan fingerprint density at radius 3 is 2.47 bits per heavy atom. The summed E-state index contributed by atoms with van der Waals surface area (Å²) in [6, 6.07) is 10.5. The fourth-order valence-electron chi connectivity index (χ4n) is 1.78. The van der Waals surface area contributed by atoms with Gasteiger partial charge in [0.25, 0.3) is 0 Å². The third kappa shape index (κ3) is 3.63. The van der Waals surface area contributed by atoms with Gasteiger partial charge in [-0.1, -0.05) is 37.3 Å². The lowest BCUT2D eigenvalue weighted by Crippen LogP contribution is -2.46. The number of nitrogens with one attached hydrogen (secondary N) is 1. The predicted octanol–water partition coefficient (Wildman–Crippen LogP) is 1.49. The van der Waals surface area contributed by atoms with Crippen LogP contribution >= 0.6 is 0 Å². The number of ether oxygens (including phenoxy) is 1. The average Bonchev–Trinajstić information content (AvgIpc) is 2.30. The van der Waals surface area contributed by atoms with Crippen molar-refractivity contribution in [3.63, 3.8) is 0 Å². The van der Waals surface area contributed by atoms with Crippen LogP contribution in [-0.2, 0) is 11.2 Å². The van der Waals surface area contributed by atoms with E-state index in [4.69, 9.17) is 10.6 Å². The monoisotopic (exact) mass is 208 g/mol. The Morgan fingerprint density at radius 2 is 2.00 bits per heavy atom. The number of methoxy groups -OCH3 is 1. The van der Waals surface area contributed by atoms with E-state index < -0.39 is 0 Å². The summed E-state index contributed by atoms with van der Waals surface area (Å²) in [6.45, 7) is 2.10. The van der Waals surface area contributed by atoms with Crippen LogP contribution < -0.4 is 11.3 Å². The number of hydrogen-bond acceptors (Lipinski definition) is 3. The van der Waals surface area contributed by atoms with Gasteiger partial charge in [0, 0.05) is 7.11 Å². The van der Waals surface area contributed by atoms with E-state index in [1.165, 1.54) is 5.56 Å². The van der Waals surface area contributed by atoms with Gasteiger partial charge in [0.2, 0.25) is 0 Å². The summed E-state index contributed by atoms with van der Waals surface area (Å²) < 4.78 is 5.38. The highest BCUT2D eigenvalue weighted by Gasteiger charge is 2.18. The second-order valence-corrected chi connectivity index (χ2v) is 3.65. The van der Waals surface area contributed by atoms with Crippen molar-refractivity contribution < 1.29 is 4.74 Å². The van der Waals surface area contributed by atoms with Crippen LogP contribution in [0.4, 0.5) is 0 Å². The first-order chi connectivity index (χ1) is 7.31. The summed E-state index contributed by atoms with van der Waals surface area (Å²) in [5.41, 5.74) is 4.10. The van der Waals surface area contributed by atoms with Gasteiger partial charge in [0.15, 0.2) is 0 Å². The molecular weight excluding hydrogens is 188 g/mol. The zero-order chi connectivity index (χ0) is 11.1. The maximum atomic E-state index is 5.54. The lowest BCUT2D eigenvalue weighted by Gasteiger charge is -2.24. The molecule has 0 heterocycles. The second-order valence-electron chi connectivity index (χ2n) is 3.65. The summed E-state index contributed by atoms with van der Waals surface area (Å²) >= 11 is 0. The van der Waals surface area contributed by atoms with E-state index in [0.29, 0.717) is 0 Å². The Bertz CT molecular complexity index is 260. The van der Waals surface area contributed by atoms with Gasteiger partial charge >= 0.3 is 0 Å². The smallest absolute Gasteiger partial charge is 0.0738 e. The first-order valence-electron chi connectivity index (χ1n) is 5.34. The van der Waals surface area contributed by atoms with Gasteiger partial charge in [0.05, 0.1) is 12.1 Å². The Morgan fingerprint density at radius 1 is 1.33 bits per heavy atom. The molecule has 0 saturated carbocycles. The number of rotatable bonds is 6. The highest BCUT2D eigenvalue weighted by molar-refractivity contribution is 5.16. The first-order valence-corrected chi connectivity index (χ1v) is 5.34. The van der Waals surface area contributed by atoms with E-state index in [1.807, 2.05) is 18.2 Å². The molecule has 0 saturated heterocycles. The highest BCUT2D eigenvalue weighted by Crippen LogP contribution is 2.09. The average molecular weight is 208 g/mol. The zero-order valence-corrected chi connectivity index (χ0v) is 9.44. The molecule has 0 bridgehead atoms. The fourth-order valence-corrected chi connectivity index (χ4v) is 1.78. The van der Waals surface area contributed by atoms with Crippen molar-refractivity contribution in [2.75, 3.05) is 7.11 Å². The van der Waals surface area contributed by atoms with Crippen LogP contribution in [0.25, 0.3) is 0 Å². The van der Waals surface area contributed by atoms with Crippen molar-refractivity contribution in [1.82, 2.24) is 5.43 Å². The van der Waals surface area contributed by atoms with Crippen LogP contribution in [0.3, 0.4) is 0 Å². The molecule has 0 amide bonds. The van der Waals surface area contributed by atoms with Crippen LogP contribution in [0.15, 0.2) is 30.3 Å². The van der Waals surface area contributed by atoms with Gasteiger partial charge in [-0.3, -0.25) is 11.3 Å². The summed E-state index contributed by atoms with van der Waals surface area (Å²) in [5.74, 6) is 5.54. The number of hydrogen-bond donors (Lipinski definition) is 2. The molecule has 0 aliphatic carbocycles. The van der Waals surface area contributed by atoms with E-state index in [0.717, 1.165) is 12.8 Å². The van der Waals surface area contributed by atoms with E-state index >= 15 is 0 Å². The lowest BCUT2D eigenvalue weighted by atomic mass is 10.0. The quantitative estimate of drug-likeness (QED) is 0.550. The van der Waals surface area contributed by atoms with Gasteiger partial charge in [-0.2, -0.15) is 0 Å². The minimum absolute atomic E-state index is 0.162. The molecule has 2 atom stereocenters. The summed E-state index contributed by atoms with van der Waals surface area (Å²) in [4.78, 5) is 0. The predicted molar refractivity (Wildman–Crippen MR) is 62.3 cm³/mol. The van der Waals surface area contributed by atoms with Crippen LogP contribution in [0.1, 0.15) is 18.9 Å². The van der Waals surface area contributed by atoms with Gasteiger partial charge in [-0.15, -0.1) is 0 Å². The Labute approximate surface area is 91.6 Å². The largest absolute Gasteiger partial charge is 0.380 e. The Hall–Kier alpha value is -0.900. The van der Waals surface area contributed by atoms with Crippen LogP contribution in [0, 0.1) is 0 Å². The number of hydrazine groups is 1. The maximum absolute atomic E-state index is 5.54. The molecule has 2 unspecified atom stereocenters. The number of nitrogens with two attached hydrogens (primary N) is 1. The molecule has 0 radical (unpaired) electrons. The molecule has 1 aromatic carbocycles. The van der Waals surface area contributed by atoms with Crippen molar-refractivity contribution in [3.05, 3.63) is 35.9 Å². The molecule has 0 fully saturated rings. The SMILES string of the molecule is CCC(OC)C(Cc1ccccc1)NN. The molecule has 0 aliphatic rings. The van der Waals surface area contributed by atoms with Gasteiger partial charge < -0.3 is 4.74 Å². The second kappa shape index (κ2) is 6.56. The van der Waals surface area contributed by atoms with Crippen molar-refractivity contribution in [2.24, 2.45) is 5.84 Å². The molecule has 3 nitrogen and oxygen atoms in total. The molecular formula is C12H20N2O. The van der Waals surface area contributed by atoms with Crippen molar-refractivity contribution in [1.29, 1.82) is 0 Å². The van der Waals surface area contributed by atoms with Crippen molar-refractivity contribution >= 4 is 0 Å². The van der Waals surface area contributed by atoms with E-state index in [-0.39, 0.29) is 12.1 Å². The summed E-state index contributed by atoms with van der Waals surface area (Å²) in [5, 5.41) is 0. The molecule has 15 heavy (non-hydrogen) atoms. The summed E-state index contributed by atoms with van der Waals surface area (Å²) in [7, 11) is 1.73. The van der Waals surface area contributed by atoms with Crippen LogP contribution in [0.5, 0.6) is 0 Å². The highest BCUT2D eigenvalue weighted by atomic mass is 16.5. The fraction of sp³-hybridized carbons (Fsp3) is 0.500. The summed E-state index contributed by atoms with van der Waals surface area (Å²) in [6.07, 6.45) is 2.01. The molecule has 3 heteroatoms. The van der Waals surface area contributed by atoms with Crippen LogP contribution in [0.2, 0.25) is 0 Å². The minimum atomic E-state index is 0.162. The zero-order valence-electron chi connectivity index (χ0n) is 9.44. The Balaban J connectivity index is 2.61. The third-order valence-electron chi connectivity index (χ3n) is 2.67. The normalized spacial score (nSPS) is 14.9. The standard InChI is InChI=1S/C12H20N2O/c1-3-12(15-2)11(14-13)9-10-7-5-4-6-8-10/h4-8,11-12,14H,3,9,13H2,1-2H3. The van der Waals surface area contributed by atoms with Crippen molar-refractivity contribution in [3.8, 4) is 0 Å². The topological polar surface area (TPSA) is 47.3 Å². The molecule has 0 aromatic heterocycles. The molecule has 1 rings (SSSR count). The van der Waals surface area contributed by atoms with Gasteiger partial charge in [0.1, 0.15) is 0 Å². The minimum Gasteiger partial charge on any atom is -0.380 e. The third-order valence-corrected chi connectivity index (χ3v) is 2.67. The maximum Gasteiger partial charge on any atom is 0.0738 e. The number of benzene rings is 1. The van der Waals surface area contributed by atoms with Crippen LogP contribution in [-0.4, -0.2) is 19.3 Å². The molecule has 84 valence electrons. The molecule has 1 aromatic rings. The Kier molecular flexibility index (Phi) is 5.32. The lowest BCUT2D eigenvalue weighted by molar-refractivity contribution is 0.0653. The van der Waals surface area contributed by atoms with E-state index in [9.17, 15) is 0 Å². The molecule has 0 aliphatic heterocycles. The van der Waals surface area contributed by atoms with E-state index in [1.54, 1.807) is 7.11 Å². The molecule has 3 N–H and O–H groups in total.